The number of hydrogen-bond acceptors (Lipinski definition) is 4. The van der Waals surface area contributed by atoms with Crippen LogP contribution < -0.4 is 16.0 Å². The second-order valence-electron chi connectivity index (χ2n) is 4.32. The lowest BCUT2D eigenvalue weighted by Crippen LogP contribution is -2.27. The Morgan fingerprint density at radius 1 is 1.58 bits per heavy atom. The van der Waals surface area contributed by atoms with Crippen molar-refractivity contribution in [2.45, 2.75) is 6.04 Å². The largest absolute Gasteiger partial charge is 0.395 e. The van der Waals surface area contributed by atoms with Crippen LogP contribution in [0.5, 0.6) is 0 Å². The van der Waals surface area contributed by atoms with E-state index in [1.54, 1.807) is 18.2 Å². The molecule has 1 aromatic carbocycles. The van der Waals surface area contributed by atoms with Crippen LogP contribution in [0.1, 0.15) is 11.6 Å². The minimum Gasteiger partial charge on any atom is -0.395 e. The lowest BCUT2D eigenvalue weighted by Gasteiger charge is -2.24. The molecule has 0 bridgehead atoms. The van der Waals surface area contributed by atoms with Crippen molar-refractivity contribution in [3.05, 3.63) is 35.4 Å². The van der Waals surface area contributed by atoms with Gasteiger partial charge in [-0.3, -0.25) is 4.79 Å². The molecule has 0 aliphatic carbocycles. The van der Waals surface area contributed by atoms with Crippen LogP contribution in [0, 0.1) is 0 Å². The topological polar surface area (TPSA) is 78.6 Å². The van der Waals surface area contributed by atoms with E-state index < -0.39 is 6.04 Å². The van der Waals surface area contributed by atoms with Crippen molar-refractivity contribution in [2.75, 3.05) is 29.9 Å². The number of nitrogens with zero attached hydrogens (tertiary/aromatic N) is 1. The summed E-state index contributed by atoms with van der Waals surface area (Å²) in [7, 11) is 0. The molecule has 1 heterocycles. The predicted octanol–water partition coefficient (Wildman–Crippen LogP) is 1.28. The van der Waals surface area contributed by atoms with E-state index in [1.807, 2.05) is 4.90 Å². The molecular formula is C13H16ClN3O2. The lowest BCUT2D eigenvalue weighted by atomic mass is 10.1. The molecule has 0 spiro atoms. The number of carbonyl (C=O) groups excluding carboxylic acids is 1. The maximum absolute atomic E-state index is 11.5. The summed E-state index contributed by atoms with van der Waals surface area (Å²) < 4.78 is 0. The number of nitrogens with two attached hydrogens (primary N) is 1. The Hall–Kier alpha value is -1.56. The molecule has 4 N–H and O–H groups in total. The van der Waals surface area contributed by atoms with E-state index in [-0.39, 0.29) is 12.5 Å². The lowest BCUT2D eigenvalue weighted by molar-refractivity contribution is -0.116. The first kappa shape index (κ1) is 13.9. The van der Waals surface area contributed by atoms with Gasteiger partial charge in [0.05, 0.1) is 17.3 Å². The smallest absolute Gasteiger partial charge is 0.245 e. The number of halogens is 1. The van der Waals surface area contributed by atoms with Crippen LogP contribution in [-0.2, 0) is 4.79 Å². The fourth-order valence-electron chi connectivity index (χ4n) is 2.12. The van der Waals surface area contributed by atoms with Crippen molar-refractivity contribution < 1.29 is 9.90 Å². The Morgan fingerprint density at radius 3 is 2.95 bits per heavy atom. The van der Waals surface area contributed by atoms with Gasteiger partial charge in [-0.15, -0.1) is 6.58 Å². The van der Waals surface area contributed by atoms with E-state index in [2.05, 4.69) is 11.9 Å². The van der Waals surface area contributed by atoms with E-state index in [0.717, 1.165) is 5.69 Å². The summed E-state index contributed by atoms with van der Waals surface area (Å²) in [6, 6.07) is 2.80. The second-order valence-corrected chi connectivity index (χ2v) is 4.72. The molecule has 0 radical (unpaired) electrons. The average molecular weight is 282 g/mol. The number of aliphatic hydroxyl groups excluding tert-OH is 1. The fourth-order valence-corrected chi connectivity index (χ4v) is 2.42. The maximum atomic E-state index is 11.5. The van der Waals surface area contributed by atoms with Crippen molar-refractivity contribution in [1.82, 2.24) is 0 Å². The third kappa shape index (κ3) is 2.58. The highest BCUT2D eigenvalue weighted by Gasteiger charge is 2.28. The van der Waals surface area contributed by atoms with Crippen LogP contribution in [0.4, 0.5) is 11.4 Å². The van der Waals surface area contributed by atoms with E-state index in [0.29, 0.717) is 29.4 Å². The number of hydrogen-bond donors (Lipinski definition) is 3. The number of benzene rings is 1. The molecule has 1 atom stereocenters. The van der Waals surface area contributed by atoms with Gasteiger partial charge in [0.15, 0.2) is 0 Å². The molecule has 5 nitrogen and oxygen atoms in total. The Labute approximate surface area is 116 Å². The highest BCUT2D eigenvalue weighted by atomic mass is 35.5. The summed E-state index contributed by atoms with van der Waals surface area (Å²) >= 11 is 6.23. The van der Waals surface area contributed by atoms with E-state index >= 15 is 0 Å². The van der Waals surface area contributed by atoms with Gasteiger partial charge in [-0.1, -0.05) is 17.7 Å². The molecule has 0 fully saturated rings. The molecule has 0 aromatic heterocycles. The third-order valence-electron chi connectivity index (χ3n) is 3.05. The zero-order chi connectivity index (χ0) is 14.0. The highest BCUT2D eigenvalue weighted by molar-refractivity contribution is 6.33. The van der Waals surface area contributed by atoms with Gasteiger partial charge >= 0.3 is 0 Å². The Morgan fingerprint density at radius 2 is 2.32 bits per heavy atom. The zero-order valence-corrected chi connectivity index (χ0v) is 11.2. The first-order chi connectivity index (χ1) is 9.08. The molecule has 0 saturated carbocycles. The quantitative estimate of drug-likeness (QED) is 0.711. The number of aliphatic hydroxyl groups is 1. The van der Waals surface area contributed by atoms with Gasteiger partial charge in [-0.25, -0.2) is 0 Å². The standard InChI is InChI=1S/C13H16ClN3O2/c1-2-3-17(4-5-18)11-7-10-8(6-9(11)14)12(15)13(19)16-10/h2,6-7,12,18H,1,3-5,15H2,(H,16,19). The van der Waals surface area contributed by atoms with Crippen LogP contribution in [0.25, 0.3) is 0 Å². The molecule has 1 unspecified atom stereocenters. The van der Waals surface area contributed by atoms with Gasteiger partial charge in [0.25, 0.3) is 0 Å². The minimum atomic E-state index is -0.674. The number of amides is 1. The number of fused-ring (bicyclic) bond motifs is 1. The van der Waals surface area contributed by atoms with Gasteiger partial charge < -0.3 is 21.1 Å². The molecule has 0 saturated heterocycles. The molecule has 1 aliphatic rings. The summed E-state index contributed by atoms with van der Waals surface area (Å²) in [6.07, 6.45) is 1.73. The first-order valence-corrected chi connectivity index (χ1v) is 6.33. The SMILES string of the molecule is C=CCN(CCO)c1cc2c(cc1Cl)C(N)C(=O)N2. The van der Waals surface area contributed by atoms with E-state index in [4.69, 9.17) is 22.4 Å². The summed E-state index contributed by atoms with van der Waals surface area (Å²) in [5, 5.41) is 12.3. The summed E-state index contributed by atoms with van der Waals surface area (Å²) in [6.45, 7) is 4.68. The zero-order valence-electron chi connectivity index (χ0n) is 10.4. The molecule has 6 heteroatoms. The van der Waals surface area contributed by atoms with Crippen LogP contribution in [-0.4, -0.2) is 30.7 Å². The average Bonchev–Trinajstić information content (AvgIpc) is 2.64. The minimum absolute atomic E-state index is 0.00707. The first-order valence-electron chi connectivity index (χ1n) is 5.95. The normalized spacial score (nSPS) is 17.0. The van der Waals surface area contributed by atoms with Crippen molar-refractivity contribution in [3.63, 3.8) is 0 Å². The van der Waals surface area contributed by atoms with Crippen molar-refractivity contribution in [1.29, 1.82) is 0 Å². The molecule has 1 aliphatic heterocycles. The summed E-state index contributed by atoms with van der Waals surface area (Å²) in [4.78, 5) is 13.4. The number of rotatable bonds is 5. The third-order valence-corrected chi connectivity index (χ3v) is 3.36. The van der Waals surface area contributed by atoms with E-state index in [1.165, 1.54) is 0 Å². The molecule has 1 aromatic rings. The van der Waals surface area contributed by atoms with Gasteiger partial charge in [0.2, 0.25) is 5.91 Å². The van der Waals surface area contributed by atoms with Gasteiger partial charge in [-0.2, -0.15) is 0 Å². The van der Waals surface area contributed by atoms with Crippen LogP contribution in [0.3, 0.4) is 0 Å². The van der Waals surface area contributed by atoms with Crippen LogP contribution in [0.2, 0.25) is 5.02 Å². The summed E-state index contributed by atoms with van der Waals surface area (Å²) in [5.74, 6) is -0.236. The Bertz CT molecular complexity index is 519. The Balaban J connectivity index is 2.40. The van der Waals surface area contributed by atoms with E-state index in [9.17, 15) is 4.79 Å². The fraction of sp³-hybridized carbons (Fsp3) is 0.308. The van der Waals surface area contributed by atoms with Crippen LogP contribution in [0.15, 0.2) is 24.8 Å². The molecule has 2 rings (SSSR count). The van der Waals surface area contributed by atoms with Gasteiger partial charge in [0.1, 0.15) is 6.04 Å². The Kier molecular flexibility index (Phi) is 4.09. The molecular weight excluding hydrogens is 266 g/mol. The number of anilines is 2. The number of nitrogens with one attached hydrogen (secondary N) is 1. The van der Waals surface area contributed by atoms with Crippen molar-refractivity contribution >= 4 is 28.9 Å². The molecule has 19 heavy (non-hydrogen) atoms. The highest BCUT2D eigenvalue weighted by Crippen LogP contribution is 2.37. The monoisotopic (exact) mass is 281 g/mol. The van der Waals surface area contributed by atoms with Gasteiger partial charge in [-0.05, 0) is 12.1 Å². The molecule has 1 amide bonds. The predicted molar refractivity (Wildman–Crippen MR) is 76.5 cm³/mol. The van der Waals surface area contributed by atoms with Crippen molar-refractivity contribution in [2.24, 2.45) is 5.73 Å². The van der Waals surface area contributed by atoms with Crippen molar-refractivity contribution in [3.8, 4) is 0 Å². The van der Waals surface area contributed by atoms with Gasteiger partial charge in [0, 0.05) is 24.3 Å². The summed E-state index contributed by atoms with van der Waals surface area (Å²) in [5.41, 5.74) is 7.87. The molecule has 102 valence electrons. The number of carbonyl (C=O) groups is 1. The van der Waals surface area contributed by atoms with Crippen LogP contribution >= 0.6 is 11.6 Å². The maximum Gasteiger partial charge on any atom is 0.245 e. The second kappa shape index (κ2) is 5.61.